The van der Waals surface area contributed by atoms with Gasteiger partial charge in [-0.15, -0.1) is 24.8 Å². The van der Waals surface area contributed by atoms with Crippen molar-refractivity contribution in [2.45, 2.75) is 37.8 Å². The van der Waals surface area contributed by atoms with E-state index in [9.17, 15) is 4.79 Å². The van der Waals surface area contributed by atoms with Crippen LogP contribution in [0.2, 0.25) is 0 Å². The van der Waals surface area contributed by atoms with Crippen LogP contribution in [-0.4, -0.2) is 49.6 Å². The van der Waals surface area contributed by atoms with Crippen molar-refractivity contribution in [3.05, 3.63) is 30.3 Å². The number of hydrogen-bond acceptors (Lipinski definition) is 3. The first-order valence-electron chi connectivity index (χ1n) is 8.06. The van der Waals surface area contributed by atoms with Gasteiger partial charge in [0.25, 0.3) is 0 Å². The van der Waals surface area contributed by atoms with E-state index < -0.39 is 0 Å². The van der Waals surface area contributed by atoms with Crippen molar-refractivity contribution in [3.8, 4) is 0 Å². The topological polar surface area (TPSA) is 35.6 Å². The number of carbonyl (C=O) groups excluding carboxylic acids is 1. The molecule has 1 N–H and O–H groups in total. The summed E-state index contributed by atoms with van der Waals surface area (Å²) in [5.74, 6) is 0.271. The minimum atomic E-state index is 0. The maximum absolute atomic E-state index is 12.5. The third kappa shape index (κ3) is 4.75. The van der Waals surface area contributed by atoms with Gasteiger partial charge in [0.05, 0.1) is 6.04 Å². The standard InChI is InChI=1S/C17H25N3O.2ClH/c1-19(17(21)16-10-5-11-18-16)15-9-6-12-20(13-15)14-7-3-2-4-8-14;;/h2-4,7-8,15-16,18H,5-6,9-13H2,1H3;2*1H. The average Bonchev–Trinajstić information content (AvgIpc) is 3.09. The Kier molecular flexibility index (Phi) is 8.17. The summed E-state index contributed by atoms with van der Waals surface area (Å²) in [6, 6.07) is 10.9. The number of para-hydroxylation sites is 1. The quantitative estimate of drug-likeness (QED) is 0.900. The summed E-state index contributed by atoms with van der Waals surface area (Å²) in [5.41, 5.74) is 1.27. The van der Waals surface area contributed by atoms with E-state index in [0.717, 1.165) is 45.3 Å². The summed E-state index contributed by atoms with van der Waals surface area (Å²) < 4.78 is 0. The Bertz CT molecular complexity index is 480. The van der Waals surface area contributed by atoms with Crippen molar-refractivity contribution in [1.82, 2.24) is 10.2 Å². The number of anilines is 1. The van der Waals surface area contributed by atoms with E-state index in [1.54, 1.807) is 0 Å². The van der Waals surface area contributed by atoms with Gasteiger partial charge in [-0.2, -0.15) is 0 Å². The first-order valence-corrected chi connectivity index (χ1v) is 8.06. The first-order chi connectivity index (χ1) is 10.3. The summed E-state index contributed by atoms with van der Waals surface area (Å²) >= 11 is 0. The number of rotatable bonds is 3. The zero-order chi connectivity index (χ0) is 14.7. The smallest absolute Gasteiger partial charge is 0.239 e. The van der Waals surface area contributed by atoms with E-state index in [-0.39, 0.29) is 36.8 Å². The molecule has 1 aromatic rings. The molecule has 2 unspecified atom stereocenters. The molecular weight excluding hydrogens is 333 g/mol. The molecular formula is C17H27Cl2N3O. The maximum Gasteiger partial charge on any atom is 0.239 e. The highest BCUT2D eigenvalue weighted by Gasteiger charge is 2.31. The molecule has 2 fully saturated rings. The van der Waals surface area contributed by atoms with Crippen LogP contribution in [0.25, 0.3) is 0 Å². The lowest BCUT2D eigenvalue weighted by Crippen LogP contribution is -2.52. The third-order valence-electron chi connectivity index (χ3n) is 4.77. The number of halogens is 2. The van der Waals surface area contributed by atoms with E-state index in [2.05, 4.69) is 34.5 Å². The van der Waals surface area contributed by atoms with Crippen LogP contribution < -0.4 is 10.2 Å². The molecule has 2 heterocycles. The summed E-state index contributed by atoms with van der Waals surface area (Å²) in [5, 5.41) is 3.31. The second-order valence-electron chi connectivity index (χ2n) is 6.18. The fourth-order valence-electron chi connectivity index (χ4n) is 3.47. The van der Waals surface area contributed by atoms with Crippen LogP contribution in [0, 0.1) is 0 Å². The molecule has 0 aromatic heterocycles. The van der Waals surface area contributed by atoms with Gasteiger partial charge in [-0.05, 0) is 44.4 Å². The van der Waals surface area contributed by atoms with E-state index in [0.29, 0.717) is 6.04 Å². The van der Waals surface area contributed by atoms with Gasteiger partial charge in [-0.25, -0.2) is 0 Å². The van der Waals surface area contributed by atoms with Gasteiger partial charge < -0.3 is 15.1 Å². The van der Waals surface area contributed by atoms with Gasteiger partial charge in [-0.3, -0.25) is 4.79 Å². The fourth-order valence-corrected chi connectivity index (χ4v) is 3.47. The monoisotopic (exact) mass is 359 g/mol. The Hall–Kier alpha value is -0.970. The van der Waals surface area contributed by atoms with Crippen LogP contribution in [0.4, 0.5) is 5.69 Å². The molecule has 2 aliphatic heterocycles. The Morgan fingerprint density at radius 3 is 2.57 bits per heavy atom. The van der Waals surface area contributed by atoms with E-state index in [1.807, 2.05) is 18.0 Å². The second kappa shape index (κ2) is 9.36. The van der Waals surface area contributed by atoms with E-state index >= 15 is 0 Å². The number of amides is 1. The highest BCUT2D eigenvalue weighted by molar-refractivity contribution is 5.85. The van der Waals surface area contributed by atoms with Gasteiger partial charge in [0.1, 0.15) is 0 Å². The molecule has 0 aliphatic carbocycles. The van der Waals surface area contributed by atoms with Crippen LogP contribution >= 0.6 is 24.8 Å². The molecule has 6 heteroatoms. The van der Waals surface area contributed by atoms with Gasteiger partial charge in [0, 0.05) is 31.9 Å². The van der Waals surface area contributed by atoms with Crippen LogP contribution in [0.15, 0.2) is 30.3 Å². The summed E-state index contributed by atoms with van der Waals surface area (Å²) in [7, 11) is 1.97. The molecule has 1 amide bonds. The molecule has 0 bridgehead atoms. The summed E-state index contributed by atoms with van der Waals surface area (Å²) in [6.07, 6.45) is 4.36. The molecule has 23 heavy (non-hydrogen) atoms. The molecule has 2 aliphatic rings. The Morgan fingerprint density at radius 2 is 1.91 bits per heavy atom. The second-order valence-corrected chi connectivity index (χ2v) is 6.18. The Labute approximate surface area is 151 Å². The van der Waals surface area contributed by atoms with E-state index in [4.69, 9.17) is 0 Å². The van der Waals surface area contributed by atoms with Crippen LogP contribution in [0.3, 0.4) is 0 Å². The lowest BCUT2D eigenvalue weighted by molar-refractivity contribution is -0.134. The normalized spacial score (nSPS) is 23.6. The molecule has 4 nitrogen and oxygen atoms in total. The number of nitrogens with zero attached hydrogens (tertiary/aromatic N) is 2. The maximum atomic E-state index is 12.5. The predicted octanol–water partition coefficient (Wildman–Crippen LogP) is 2.71. The number of piperidine rings is 1. The van der Waals surface area contributed by atoms with Crippen LogP contribution in [-0.2, 0) is 4.79 Å². The number of benzene rings is 1. The lowest BCUT2D eigenvalue weighted by Gasteiger charge is -2.39. The molecule has 0 spiro atoms. The number of hydrogen-bond donors (Lipinski definition) is 1. The summed E-state index contributed by atoms with van der Waals surface area (Å²) in [6.45, 7) is 3.01. The summed E-state index contributed by atoms with van der Waals surface area (Å²) in [4.78, 5) is 16.9. The minimum absolute atomic E-state index is 0. The Morgan fingerprint density at radius 1 is 1.17 bits per heavy atom. The van der Waals surface area contributed by atoms with Gasteiger partial charge >= 0.3 is 0 Å². The molecule has 0 radical (unpaired) electrons. The molecule has 2 atom stereocenters. The molecule has 0 saturated carbocycles. The minimum Gasteiger partial charge on any atom is -0.369 e. The highest BCUT2D eigenvalue weighted by Crippen LogP contribution is 2.22. The zero-order valence-corrected chi connectivity index (χ0v) is 15.2. The van der Waals surface area contributed by atoms with Crippen molar-refractivity contribution >= 4 is 36.4 Å². The van der Waals surface area contributed by atoms with Crippen molar-refractivity contribution < 1.29 is 4.79 Å². The first kappa shape index (κ1) is 20.1. The van der Waals surface area contributed by atoms with E-state index in [1.165, 1.54) is 5.69 Å². The Balaban J connectivity index is 0.00000132. The molecule has 2 saturated heterocycles. The molecule has 130 valence electrons. The number of nitrogens with one attached hydrogen (secondary N) is 1. The highest BCUT2D eigenvalue weighted by atomic mass is 35.5. The van der Waals surface area contributed by atoms with Crippen LogP contribution in [0.5, 0.6) is 0 Å². The third-order valence-corrected chi connectivity index (χ3v) is 4.77. The molecule has 1 aromatic carbocycles. The van der Waals surface area contributed by atoms with Crippen molar-refractivity contribution in [3.63, 3.8) is 0 Å². The number of likely N-dealkylation sites (N-methyl/N-ethyl adjacent to an activating group) is 1. The lowest BCUT2D eigenvalue weighted by atomic mass is 10.0. The van der Waals surface area contributed by atoms with Gasteiger partial charge in [0.15, 0.2) is 0 Å². The van der Waals surface area contributed by atoms with Crippen molar-refractivity contribution in [2.75, 3.05) is 31.6 Å². The predicted molar refractivity (Wildman–Crippen MR) is 100.0 cm³/mol. The fraction of sp³-hybridized carbons (Fsp3) is 0.588. The van der Waals surface area contributed by atoms with Gasteiger partial charge in [-0.1, -0.05) is 18.2 Å². The van der Waals surface area contributed by atoms with Crippen molar-refractivity contribution in [1.29, 1.82) is 0 Å². The number of carbonyl (C=O) groups is 1. The molecule has 3 rings (SSSR count). The van der Waals surface area contributed by atoms with Crippen LogP contribution in [0.1, 0.15) is 25.7 Å². The van der Waals surface area contributed by atoms with Crippen molar-refractivity contribution in [2.24, 2.45) is 0 Å². The average molecular weight is 360 g/mol. The largest absolute Gasteiger partial charge is 0.369 e. The SMILES string of the molecule is CN(C(=O)C1CCCN1)C1CCCN(c2ccccc2)C1.Cl.Cl. The van der Waals surface area contributed by atoms with Gasteiger partial charge in [0.2, 0.25) is 5.91 Å². The zero-order valence-electron chi connectivity index (χ0n) is 13.6.